The van der Waals surface area contributed by atoms with Crippen LogP contribution in [0.25, 0.3) is 5.57 Å². The maximum atomic E-state index is 13.6. The highest BCUT2D eigenvalue weighted by Gasteiger charge is 2.45. The first kappa shape index (κ1) is 18.2. The number of hydrogen-bond donors (Lipinski definition) is 0. The van der Waals surface area contributed by atoms with Gasteiger partial charge in [0.2, 0.25) is 0 Å². The molecule has 148 valence electrons. The van der Waals surface area contributed by atoms with Crippen LogP contribution in [0.3, 0.4) is 0 Å². The molecule has 2 aromatic carbocycles. The topological polar surface area (TPSA) is 40.6 Å². The van der Waals surface area contributed by atoms with Crippen LogP contribution in [0.15, 0.2) is 60.3 Å². The lowest BCUT2D eigenvalue weighted by Crippen LogP contribution is -2.44. The summed E-state index contributed by atoms with van der Waals surface area (Å²) in [5.41, 5.74) is 4.61. The maximum absolute atomic E-state index is 13.6. The predicted molar refractivity (Wildman–Crippen MR) is 113 cm³/mol. The highest BCUT2D eigenvalue weighted by atomic mass is 16.2. The molecule has 4 nitrogen and oxygen atoms in total. The zero-order chi connectivity index (χ0) is 19.8. The van der Waals surface area contributed by atoms with Crippen molar-refractivity contribution in [2.75, 3.05) is 6.54 Å². The first-order valence-corrected chi connectivity index (χ1v) is 10.7. The van der Waals surface area contributed by atoms with Crippen LogP contribution in [-0.4, -0.2) is 34.2 Å². The first-order valence-electron chi connectivity index (χ1n) is 10.7. The largest absolute Gasteiger partial charge is 0.362 e. The van der Waals surface area contributed by atoms with Gasteiger partial charge in [0.1, 0.15) is 5.70 Å². The molecule has 1 fully saturated rings. The van der Waals surface area contributed by atoms with Crippen LogP contribution in [0.2, 0.25) is 0 Å². The molecule has 5 rings (SSSR count). The van der Waals surface area contributed by atoms with E-state index in [9.17, 15) is 9.59 Å². The molecule has 1 saturated carbocycles. The number of benzene rings is 2. The van der Waals surface area contributed by atoms with Crippen LogP contribution in [0, 0.1) is 0 Å². The number of rotatable bonds is 3. The van der Waals surface area contributed by atoms with Crippen LogP contribution in [0.4, 0.5) is 0 Å². The van der Waals surface area contributed by atoms with E-state index in [1.54, 1.807) is 4.90 Å². The molecule has 3 aliphatic rings. The van der Waals surface area contributed by atoms with E-state index < -0.39 is 0 Å². The summed E-state index contributed by atoms with van der Waals surface area (Å²) >= 11 is 0. The highest BCUT2D eigenvalue weighted by Crippen LogP contribution is 2.37. The molecule has 0 spiro atoms. The summed E-state index contributed by atoms with van der Waals surface area (Å²) in [6.45, 7) is 1.44. The Balaban J connectivity index is 1.56. The minimum atomic E-state index is -0.109. The fourth-order valence-corrected chi connectivity index (χ4v) is 5.05. The van der Waals surface area contributed by atoms with E-state index in [0.29, 0.717) is 17.8 Å². The monoisotopic (exact) mass is 386 g/mol. The number of amides is 2. The van der Waals surface area contributed by atoms with Gasteiger partial charge in [-0.05, 0) is 36.0 Å². The third-order valence-corrected chi connectivity index (χ3v) is 6.54. The molecule has 0 bridgehead atoms. The SMILES string of the molecule is O=C1C(c2ccccc2)=C(N2CCc3ccccc3C2)C(=O)N1C1CCCCC1. The summed E-state index contributed by atoms with van der Waals surface area (Å²) in [5, 5.41) is 0. The van der Waals surface area contributed by atoms with Gasteiger partial charge in [-0.15, -0.1) is 0 Å². The molecule has 0 unspecified atom stereocenters. The molecule has 0 aromatic heterocycles. The number of fused-ring (bicyclic) bond motifs is 1. The van der Waals surface area contributed by atoms with Gasteiger partial charge in [-0.25, -0.2) is 0 Å². The summed E-state index contributed by atoms with van der Waals surface area (Å²) < 4.78 is 0. The van der Waals surface area contributed by atoms with E-state index in [4.69, 9.17) is 0 Å². The number of carbonyl (C=O) groups excluding carboxylic acids is 2. The van der Waals surface area contributed by atoms with Crippen molar-refractivity contribution in [2.45, 2.75) is 51.1 Å². The number of hydrogen-bond acceptors (Lipinski definition) is 3. The Morgan fingerprint density at radius 3 is 2.21 bits per heavy atom. The lowest BCUT2D eigenvalue weighted by molar-refractivity contribution is -0.141. The summed E-state index contributed by atoms with van der Waals surface area (Å²) in [4.78, 5) is 30.9. The van der Waals surface area contributed by atoms with E-state index in [-0.39, 0.29) is 17.9 Å². The summed E-state index contributed by atoms with van der Waals surface area (Å²) in [7, 11) is 0. The number of carbonyl (C=O) groups is 2. The lowest BCUT2D eigenvalue weighted by atomic mass is 9.94. The molecule has 0 atom stereocenters. The minimum Gasteiger partial charge on any atom is -0.362 e. The van der Waals surface area contributed by atoms with Gasteiger partial charge in [-0.1, -0.05) is 73.9 Å². The van der Waals surface area contributed by atoms with Crippen LogP contribution in [0.1, 0.15) is 48.8 Å². The molecule has 29 heavy (non-hydrogen) atoms. The van der Waals surface area contributed by atoms with Gasteiger partial charge in [-0.3, -0.25) is 14.5 Å². The second-order valence-electron chi connectivity index (χ2n) is 8.30. The minimum absolute atomic E-state index is 0.0389. The van der Waals surface area contributed by atoms with Crippen LogP contribution < -0.4 is 0 Å². The zero-order valence-electron chi connectivity index (χ0n) is 16.6. The molecule has 2 heterocycles. The Morgan fingerprint density at radius 1 is 0.759 bits per heavy atom. The molecule has 2 aliphatic heterocycles. The van der Waals surface area contributed by atoms with E-state index in [1.165, 1.54) is 17.5 Å². The van der Waals surface area contributed by atoms with Gasteiger partial charge in [-0.2, -0.15) is 0 Å². The Hall–Kier alpha value is -2.88. The summed E-state index contributed by atoms with van der Waals surface area (Å²) in [6.07, 6.45) is 6.13. The Labute approximate surface area is 171 Å². The molecule has 0 N–H and O–H groups in total. The fraction of sp³-hybridized carbons (Fsp3) is 0.360. The summed E-state index contributed by atoms with van der Waals surface area (Å²) in [5.74, 6) is -0.206. The smallest absolute Gasteiger partial charge is 0.278 e. The molecule has 2 aromatic rings. The quantitative estimate of drug-likeness (QED) is 0.744. The van der Waals surface area contributed by atoms with Crippen molar-refractivity contribution in [2.24, 2.45) is 0 Å². The fourth-order valence-electron chi connectivity index (χ4n) is 5.05. The van der Waals surface area contributed by atoms with Gasteiger partial charge >= 0.3 is 0 Å². The van der Waals surface area contributed by atoms with Crippen LogP contribution in [-0.2, 0) is 22.6 Å². The molecule has 0 saturated heterocycles. The Morgan fingerprint density at radius 2 is 1.45 bits per heavy atom. The Bertz CT molecular complexity index is 973. The number of imide groups is 1. The third-order valence-electron chi connectivity index (χ3n) is 6.54. The normalized spacial score (nSPS) is 20.4. The van der Waals surface area contributed by atoms with Crippen molar-refractivity contribution >= 4 is 17.4 Å². The van der Waals surface area contributed by atoms with Crippen molar-refractivity contribution in [1.29, 1.82) is 0 Å². The van der Waals surface area contributed by atoms with Gasteiger partial charge in [0, 0.05) is 19.1 Å². The zero-order valence-corrected chi connectivity index (χ0v) is 16.6. The van der Waals surface area contributed by atoms with E-state index in [0.717, 1.165) is 44.2 Å². The summed E-state index contributed by atoms with van der Waals surface area (Å²) in [6, 6.07) is 18.2. The van der Waals surface area contributed by atoms with Crippen molar-refractivity contribution in [3.63, 3.8) is 0 Å². The third kappa shape index (κ3) is 3.17. The molecule has 2 amide bonds. The van der Waals surface area contributed by atoms with Crippen molar-refractivity contribution in [3.8, 4) is 0 Å². The second-order valence-corrected chi connectivity index (χ2v) is 8.30. The van der Waals surface area contributed by atoms with Crippen LogP contribution >= 0.6 is 0 Å². The molecule has 4 heteroatoms. The van der Waals surface area contributed by atoms with Gasteiger partial charge in [0.25, 0.3) is 11.8 Å². The molecule has 0 radical (unpaired) electrons. The first-order chi connectivity index (χ1) is 14.2. The van der Waals surface area contributed by atoms with Crippen molar-refractivity contribution < 1.29 is 9.59 Å². The van der Waals surface area contributed by atoms with Crippen molar-refractivity contribution in [3.05, 3.63) is 77.0 Å². The second kappa shape index (κ2) is 7.51. The molecule has 1 aliphatic carbocycles. The Kier molecular flexibility index (Phi) is 4.70. The molecular formula is C25H26N2O2. The predicted octanol–water partition coefficient (Wildman–Crippen LogP) is 4.16. The molecular weight excluding hydrogens is 360 g/mol. The average molecular weight is 386 g/mol. The van der Waals surface area contributed by atoms with Gasteiger partial charge < -0.3 is 4.90 Å². The van der Waals surface area contributed by atoms with Crippen LogP contribution in [0.5, 0.6) is 0 Å². The highest BCUT2D eigenvalue weighted by molar-refractivity contribution is 6.35. The standard InChI is InChI=1S/C25H26N2O2/c28-24-22(19-10-3-1-4-11-19)23(25(29)27(24)21-13-5-2-6-14-21)26-16-15-18-9-7-8-12-20(18)17-26/h1,3-4,7-12,21H,2,5-6,13-17H2. The van der Waals surface area contributed by atoms with Gasteiger partial charge in [0.05, 0.1) is 5.57 Å². The number of nitrogens with zero attached hydrogens (tertiary/aromatic N) is 2. The lowest BCUT2D eigenvalue weighted by Gasteiger charge is -2.33. The van der Waals surface area contributed by atoms with E-state index >= 15 is 0 Å². The van der Waals surface area contributed by atoms with Gasteiger partial charge in [0.15, 0.2) is 0 Å². The van der Waals surface area contributed by atoms with E-state index in [1.807, 2.05) is 36.4 Å². The van der Waals surface area contributed by atoms with Crippen molar-refractivity contribution in [1.82, 2.24) is 9.80 Å². The maximum Gasteiger partial charge on any atom is 0.278 e. The average Bonchev–Trinajstić information content (AvgIpc) is 3.04. The van der Waals surface area contributed by atoms with E-state index in [2.05, 4.69) is 23.1 Å².